The topological polar surface area (TPSA) is 81.3 Å². The molecule has 0 aliphatic carbocycles. The maximum atomic E-state index is 12.9. The van der Waals surface area contributed by atoms with Gasteiger partial charge >= 0.3 is 5.97 Å². The quantitative estimate of drug-likeness (QED) is 0.465. The van der Waals surface area contributed by atoms with Crippen molar-refractivity contribution in [2.75, 3.05) is 13.2 Å². The van der Waals surface area contributed by atoms with Gasteiger partial charge in [0.2, 0.25) is 0 Å². The minimum Gasteiger partial charge on any atom is -0.482 e. The van der Waals surface area contributed by atoms with Gasteiger partial charge in [0.05, 0.1) is 12.0 Å². The number of hydrogen-bond acceptors (Lipinski definition) is 6. The van der Waals surface area contributed by atoms with Crippen LogP contribution in [0.25, 0.3) is 0 Å². The van der Waals surface area contributed by atoms with E-state index < -0.39 is 24.5 Å². The molecule has 170 valence electrons. The molecule has 1 amide bonds. The average molecular weight is 467 g/mol. The molecular formula is C25H23ClN2O5. The lowest BCUT2D eigenvalue weighted by atomic mass is 10.0. The molecule has 0 spiro atoms. The van der Waals surface area contributed by atoms with Gasteiger partial charge in [0.15, 0.2) is 13.2 Å². The molecule has 0 saturated carbocycles. The number of esters is 1. The molecule has 2 heterocycles. The van der Waals surface area contributed by atoms with E-state index in [4.69, 9.17) is 25.5 Å². The molecule has 0 radical (unpaired) electrons. The molecule has 1 atom stereocenters. The van der Waals surface area contributed by atoms with Crippen molar-refractivity contribution in [3.05, 3.63) is 88.3 Å². The predicted octanol–water partition coefficient (Wildman–Crippen LogP) is 4.85. The highest BCUT2D eigenvalue weighted by atomic mass is 35.5. The molecule has 0 N–H and O–H groups in total. The first-order valence-electron chi connectivity index (χ1n) is 10.4. The van der Waals surface area contributed by atoms with Crippen LogP contribution >= 0.6 is 11.6 Å². The van der Waals surface area contributed by atoms with Crippen molar-refractivity contribution < 1.29 is 23.5 Å². The Morgan fingerprint density at radius 1 is 1.09 bits per heavy atom. The minimum absolute atomic E-state index is 0.295. The van der Waals surface area contributed by atoms with Crippen molar-refractivity contribution in [1.29, 1.82) is 0 Å². The average Bonchev–Trinajstić information content (AvgIpc) is 3.46. The zero-order valence-corrected chi connectivity index (χ0v) is 19.0. The molecule has 4 rings (SSSR count). The Bertz CT molecular complexity index is 1150. The summed E-state index contributed by atoms with van der Waals surface area (Å²) in [4.78, 5) is 25.0. The van der Waals surface area contributed by atoms with E-state index in [0.29, 0.717) is 28.7 Å². The summed E-state index contributed by atoms with van der Waals surface area (Å²) in [5, 5.41) is 6.41. The number of furan rings is 1. The van der Waals surface area contributed by atoms with Gasteiger partial charge in [-0.15, -0.1) is 0 Å². The molecule has 0 saturated heterocycles. The van der Waals surface area contributed by atoms with E-state index in [1.54, 1.807) is 30.5 Å². The number of benzene rings is 2. The van der Waals surface area contributed by atoms with E-state index in [0.717, 1.165) is 16.7 Å². The number of hydrogen-bond donors (Lipinski definition) is 0. The van der Waals surface area contributed by atoms with Crippen LogP contribution in [0.2, 0.25) is 5.02 Å². The normalized spacial score (nSPS) is 15.3. The van der Waals surface area contributed by atoms with Gasteiger partial charge in [0.25, 0.3) is 5.91 Å². The fraction of sp³-hybridized carbons (Fsp3) is 0.240. The molecule has 8 heteroatoms. The molecule has 1 aliphatic rings. The van der Waals surface area contributed by atoms with E-state index in [-0.39, 0.29) is 6.61 Å². The van der Waals surface area contributed by atoms with Gasteiger partial charge in [-0.1, -0.05) is 29.8 Å². The monoisotopic (exact) mass is 466 g/mol. The Balaban J connectivity index is 1.40. The summed E-state index contributed by atoms with van der Waals surface area (Å²) in [6.45, 7) is 3.14. The summed E-state index contributed by atoms with van der Waals surface area (Å²) in [6.07, 6.45) is 2.01. The number of carbonyl (C=O) groups excluding carboxylic acids is 2. The predicted molar refractivity (Wildman–Crippen MR) is 123 cm³/mol. The van der Waals surface area contributed by atoms with E-state index in [9.17, 15) is 9.59 Å². The number of aryl methyl sites for hydroxylation is 2. The lowest BCUT2D eigenvalue weighted by Gasteiger charge is -2.19. The highest BCUT2D eigenvalue weighted by Crippen LogP contribution is 2.33. The van der Waals surface area contributed by atoms with Crippen LogP contribution in [0.5, 0.6) is 5.75 Å². The highest BCUT2D eigenvalue weighted by molar-refractivity contribution is 6.30. The zero-order valence-electron chi connectivity index (χ0n) is 18.3. The van der Waals surface area contributed by atoms with Gasteiger partial charge in [-0.3, -0.25) is 4.79 Å². The Morgan fingerprint density at radius 2 is 1.82 bits per heavy atom. The maximum absolute atomic E-state index is 12.9. The van der Waals surface area contributed by atoms with Crippen LogP contribution in [0.15, 0.2) is 70.4 Å². The third-order valence-electron chi connectivity index (χ3n) is 5.12. The fourth-order valence-corrected chi connectivity index (χ4v) is 3.79. The van der Waals surface area contributed by atoms with Gasteiger partial charge in [-0.2, -0.15) is 5.10 Å². The molecule has 0 bridgehead atoms. The second kappa shape index (κ2) is 9.92. The summed E-state index contributed by atoms with van der Waals surface area (Å²) < 4.78 is 16.2. The molecule has 3 aromatic rings. The number of ether oxygens (including phenoxy) is 2. The standard InChI is InChI=1S/C25H23ClN2O5/c1-16-10-17(2)12-20(11-16)32-15-25(30)33-14-24(29)28-22(23-4-3-9-31-23)13-21(27-28)18-5-7-19(26)8-6-18/h3-12,22H,13-15H2,1-2H3. The first-order chi connectivity index (χ1) is 15.9. The van der Waals surface area contributed by atoms with Crippen LogP contribution < -0.4 is 4.74 Å². The van der Waals surface area contributed by atoms with Gasteiger partial charge < -0.3 is 13.9 Å². The summed E-state index contributed by atoms with van der Waals surface area (Å²) in [7, 11) is 0. The molecule has 1 aliphatic heterocycles. The molecular weight excluding hydrogens is 444 g/mol. The smallest absolute Gasteiger partial charge is 0.344 e. The third-order valence-corrected chi connectivity index (χ3v) is 5.38. The molecule has 1 unspecified atom stereocenters. The molecule has 1 aromatic heterocycles. The van der Waals surface area contributed by atoms with Crippen molar-refractivity contribution in [3.8, 4) is 5.75 Å². The Kier molecular flexibility index (Phi) is 6.79. The van der Waals surface area contributed by atoms with E-state index in [1.165, 1.54) is 5.01 Å². The first kappa shape index (κ1) is 22.6. The van der Waals surface area contributed by atoms with Crippen LogP contribution in [0, 0.1) is 13.8 Å². The number of rotatable bonds is 7. The first-order valence-corrected chi connectivity index (χ1v) is 10.8. The van der Waals surface area contributed by atoms with E-state index >= 15 is 0 Å². The van der Waals surface area contributed by atoms with Gasteiger partial charge in [0.1, 0.15) is 17.6 Å². The third kappa shape index (κ3) is 5.62. The summed E-state index contributed by atoms with van der Waals surface area (Å²) in [5.74, 6) is 0.0734. The Morgan fingerprint density at radius 3 is 2.48 bits per heavy atom. The lowest BCUT2D eigenvalue weighted by molar-refractivity contribution is -0.154. The molecule has 0 fully saturated rings. The molecule has 7 nitrogen and oxygen atoms in total. The zero-order chi connectivity index (χ0) is 23.4. The molecule has 33 heavy (non-hydrogen) atoms. The van der Waals surface area contributed by atoms with E-state index in [2.05, 4.69) is 5.10 Å². The van der Waals surface area contributed by atoms with Gasteiger partial charge in [-0.05, 0) is 66.9 Å². The summed E-state index contributed by atoms with van der Waals surface area (Å²) in [5.41, 5.74) is 3.62. The number of hydrazone groups is 1. The van der Waals surface area contributed by atoms with Gasteiger partial charge in [0, 0.05) is 11.4 Å². The van der Waals surface area contributed by atoms with Crippen molar-refractivity contribution in [3.63, 3.8) is 0 Å². The SMILES string of the molecule is Cc1cc(C)cc(OCC(=O)OCC(=O)N2N=C(c3ccc(Cl)cc3)CC2c2ccco2)c1. The largest absolute Gasteiger partial charge is 0.482 e. The fourth-order valence-electron chi connectivity index (χ4n) is 3.67. The van der Waals surface area contributed by atoms with Crippen LogP contribution in [-0.2, 0) is 14.3 Å². The second-order valence-corrected chi connectivity index (χ2v) is 8.24. The van der Waals surface area contributed by atoms with Crippen LogP contribution in [0.1, 0.15) is 34.9 Å². The van der Waals surface area contributed by atoms with Crippen molar-refractivity contribution >= 4 is 29.2 Å². The highest BCUT2D eigenvalue weighted by Gasteiger charge is 2.35. The second-order valence-electron chi connectivity index (χ2n) is 7.80. The number of carbonyl (C=O) groups is 2. The van der Waals surface area contributed by atoms with E-state index in [1.807, 2.05) is 44.2 Å². The van der Waals surface area contributed by atoms with Crippen molar-refractivity contribution in [2.24, 2.45) is 5.10 Å². The molecule has 2 aromatic carbocycles. The van der Waals surface area contributed by atoms with Crippen molar-refractivity contribution in [2.45, 2.75) is 26.3 Å². The van der Waals surface area contributed by atoms with Crippen LogP contribution in [0.4, 0.5) is 0 Å². The Hall–Kier alpha value is -3.58. The van der Waals surface area contributed by atoms with Gasteiger partial charge in [-0.25, -0.2) is 9.80 Å². The number of halogens is 1. The minimum atomic E-state index is -0.641. The summed E-state index contributed by atoms with van der Waals surface area (Å²) >= 11 is 5.98. The van der Waals surface area contributed by atoms with Crippen LogP contribution in [0.3, 0.4) is 0 Å². The lowest BCUT2D eigenvalue weighted by Crippen LogP contribution is -2.32. The maximum Gasteiger partial charge on any atom is 0.344 e. The Labute approximate surface area is 196 Å². The van der Waals surface area contributed by atoms with Crippen LogP contribution in [-0.4, -0.2) is 35.8 Å². The number of amides is 1. The number of nitrogens with zero attached hydrogens (tertiary/aromatic N) is 2. The summed E-state index contributed by atoms with van der Waals surface area (Å²) in [6, 6.07) is 16.0. The van der Waals surface area contributed by atoms with Crippen molar-refractivity contribution in [1.82, 2.24) is 5.01 Å².